The van der Waals surface area contributed by atoms with Crippen LogP contribution in [0.15, 0.2) is 102 Å². The van der Waals surface area contributed by atoms with E-state index < -0.39 is 23.5 Å². The molecule has 1 heterocycles. The van der Waals surface area contributed by atoms with Crippen LogP contribution in [0.25, 0.3) is 6.08 Å². The van der Waals surface area contributed by atoms with Crippen LogP contribution in [0.3, 0.4) is 0 Å². The van der Waals surface area contributed by atoms with Gasteiger partial charge in [0.2, 0.25) is 0 Å². The first kappa shape index (κ1) is 20.2. The van der Waals surface area contributed by atoms with Crippen LogP contribution >= 0.6 is 0 Å². The maximum Gasteiger partial charge on any atom is 0.294 e. The normalized spacial score (nSPS) is 16.2. The van der Waals surface area contributed by atoms with E-state index in [1.165, 1.54) is 11.0 Å². The first-order valence-electron chi connectivity index (χ1n) is 9.83. The lowest BCUT2D eigenvalue weighted by atomic mass is 9.95. The Bertz CT molecular complexity index is 1150. The minimum absolute atomic E-state index is 0.0548. The van der Waals surface area contributed by atoms with Crippen molar-refractivity contribution in [3.05, 3.63) is 113 Å². The molecule has 4 rings (SSSR count). The number of carbonyl (C=O) groups is 2. The van der Waals surface area contributed by atoms with Crippen LogP contribution in [0.5, 0.6) is 5.75 Å². The molecule has 154 valence electrons. The monoisotopic (exact) mass is 411 g/mol. The Morgan fingerprint density at radius 1 is 0.935 bits per heavy atom. The van der Waals surface area contributed by atoms with Crippen molar-refractivity contribution in [2.24, 2.45) is 0 Å². The lowest BCUT2D eigenvalue weighted by Crippen LogP contribution is -2.30. The Labute approximate surface area is 180 Å². The molecule has 0 unspecified atom stereocenters. The minimum Gasteiger partial charge on any atom is -0.503 e. The van der Waals surface area contributed by atoms with Gasteiger partial charge in [-0.1, -0.05) is 66.7 Å². The lowest BCUT2D eigenvalue weighted by molar-refractivity contribution is -0.117. The number of ether oxygens (including phenoxy) is 1. The van der Waals surface area contributed by atoms with E-state index in [0.717, 1.165) is 11.1 Å². The third-order valence-corrected chi connectivity index (χ3v) is 5.17. The second kappa shape index (κ2) is 8.71. The maximum atomic E-state index is 13.1. The number of nitrogens with zero attached hydrogens (tertiary/aromatic N) is 1. The number of carbonyl (C=O) groups excluding carboxylic acids is 2. The summed E-state index contributed by atoms with van der Waals surface area (Å²) in [5.41, 5.74) is 2.19. The van der Waals surface area contributed by atoms with Gasteiger partial charge >= 0.3 is 0 Å². The fourth-order valence-electron chi connectivity index (χ4n) is 3.64. The van der Waals surface area contributed by atoms with Crippen molar-refractivity contribution >= 4 is 23.5 Å². The summed E-state index contributed by atoms with van der Waals surface area (Å²) < 4.78 is 5.20. The van der Waals surface area contributed by atoms with E-state index in [-0.39, 0.29) is 5.57 Å². The van der Waals surface area contributed by atoms with E-state index in [4.69, 9.17) is 4.74 Å². The number of anilines is 1. The second-order valence-corrected chi connectivity index (χ2v) is 7.06. The molecule has 5 nitrogen and oxygen atoms in total. The molecular weight excluding hydrogens is 390 g/mol. The summed E-state index contributed by atoms with van der Waals surface area (Å²) in [7, 11) is 1.56. The lowest BCUT2D eigenvalue weighted by Gasteiger charge is -2.26. The highest BCUT2D eigenvalue weighted by Gasteiger charge is 2.43. The molecule has 5 heteroatoms. The molecular formula is C26H21NO4. The number of rotatable bonds is 6. The van der Waals surface area contributed by atoms with Gasteiger partial charge in [0, 0.05) is 5.69 Å². The van der Waals surface area contributed by atoms with Crippen LogP contribution in [-0.4, -0.2) is 23.9 Å². The third-order valence-electron chi connectivity index (χ3n) is 5.17. The smallest absolute Gasteiger partial charge is 0.294 e. The van der Waals surface area contributed by atoms with Crippen LogP contribution in [0, 0.1) is 0 Å². The molecule has 0 fully saturated rings. The zero-order chi connectivity index (χ0) is 21.8. The van der Waals surface area contributed by atoms with E-state index in [9.17, 15) is 14.7 Å². The molecule has 0 aliphatic carbocycles. The summed E-state index contributed by atoms with van der Waals surface area (Å²) in [5.74, 6) is -0.923. The molecule has 0 saturated carbocycles. The maximum absolute atomic E-state index is 13.1. The van der Waals surface area contributed by atoms with Crippen LogP contribution in [0.1, 0.15) is 17.2 Å². The Balaban J connectivity index is 1.76. The standard InChI is InChI=1S/C26H21NO4/c1-31-21-15-13-20(14-16-21)27-24(19-10-6-3-7-11-19)23(25(29)26(27)30)22(28)17-12-18-8-4-2-5-9-18/h2-17,24,29H,1H3/b17-12+/t24-/m1/s1. The molecule has 1 N–H and O–H groups in total. The second-order valence-electron chi connectivity index (χ2n) is 7.06. The van der Waals surface area contributed by atoms with Crippen molar-refractivity contribution in [3.8, 4) is 5.75 Å². The first-order chi connectivity index (χ1) is 15.1. The zero-order valence-electron chi connectivity index (χ0n) is 16.9. The average molecular weight is 411 g/mol. The minimum atomic E-state index is -0.741. The van der Waals surface area contributed by atoms with Crippen LogP contribution in [0.4, 0.5) is 5.69 Å². The average Bonchev–Trinajstić information content (AvgIpc) is 3.09. The highest BCUT2D eigenvalue weighted by Crippen LogP contribution is 2.41. The van der Waals surface area contributed by atoms with Crippen molar-refractivity contribution in [1.29, 1.82) is 0 Å². The Hall–Kier alpha value is -4.12. The molecule has 1 aliphatic rings. The molecule has 0 radical (unpaired) electrons. The predicted octanol–water partition coefficient (Wildman–Crippen LogP) is 4.88. The zero-order valence-corrected chi connectivity index (χ0v) is 16.9. The molecule has 0 bridgehead atoms. The largest absolute Gasteiger partial charge is 0.503 e. The highest BCUT2D eigenvalue weighted by atomic mass is 16.5. The molecule has 0 saturated heterocycles. The van der Waals surface area contributed by atoms with Gasteiger partial charge in [0.25, 0.3) is 5.91 Å². The van der Waals surface area contributed by atoms with Crippen molar-refractivity contribution in [2.45, 2.75) is 6.04 Å². The van der Waals surface area contributed by atoms with Crippen LogP contribution in [0.2, 0.25) is 0 Å². The van der Waals surface area contributed by atoms with Crippen molar-refractivity contribution in [3.63, 3.8) is 0 Å². The molecule has 1 atom stereocenters. The number of ketones is 1. The number of amides is 1. The molecule has 3 aromatic carbocycles. The van der Waals surface area contributed by atoms with Gasteiger partial charge in [-0.25, -0.2) is 0 Å². The quantitative estimate of drug-likeness (QED) is 0.587. The topological polar surface area (TPSA) is 66.8 Å². The van der Waals surface area contributed by atoms with E-state index in [0.29, 0.717) is 11.4 Å². The molecule has 1 amide bonds. The summed E-state index contributed by atoms with van der Waals surface area (Å²) in [4.78, 5) is 27.6. The van der Waals surface area contributed by atoms with Gasteiger partial charge in [0.05, 0.1) is 18.7 Å². The van der Waals surface area contributed by atoms with Gasteiger partial charge in [-0.3, -0.25) is 14.5 Å². The van der Waals surface area contributed by atoms with Crippen LogP contribution in [-0.2, 0) is 9.59 Å². The van der Waals surface area contributed by atoms with E-state index >= 15 is 0 Å². The van der Waals surface area contributed by atoms with Crippen molar-refractivity contribution in [2.75, 3.05) is 12.0 Å². The number of hydrogen-bond donors (Lipinski definition) is 1. The summed E-state index contributed by atoms with van der Waals surface area (Å²) in [6.45, 7) is 0. The van der Waals surface area contributed by atoms with Gasteiger partial charge in [-0.05, 0) is 41.5 Å². The Kier molecular flexibility index (Phi) is 5.67. The molecule has 1 aliphatic heterocycles. The van der Waals surface area contributed by atoms with Crippen molar-refractivity contribution in [1.82, 2.24) is 0 Å². The molecule has 31 heavy (non-hydrogen) atoms. The Morgan fingerprint density at radius 3 is 2.16 bits per heavy atom. The van der Waals surface area contributed by atoms with Gasteiger partial charge in [-0.15, -0.1) is 0 Å². The summed E-state index contributed by atoms with van der Waals surface area (Å²) >= 11 is 0. The highest BCUT2D eigenvalue weighted by molar-refractivity contribution is 6.19. The predicted molar refractivity (Wildman–Crippen MR) is 120 cm³/mol. The van der Waals surface area contributed by atoms with E-state index in [1.54, 1.807) is 37.5 Å². The van der Waals surface area contributed by atoms with Gasteiger partial charge in [0.15, 0.2) is 11.5 Å². The summed E-state index contributed by atoms with van der Waals surface area (Å²) in [6.07, 6.45) is 3.06. The van der Waals surface area contributed by atoms with Gasteiger partial charge in [-0.2, -0.15) is 0 Å². The van der Waals surface area contributed by atoms with E-state index in [1.807, 2.05) is 60.7 Å². The fraction of sp³-hybridized carbons (Fsp3) is 0.0769. The molecule has 0 spiro atoms. The van der Waals surface area contributed by atoms with Gasteiger partial charge < -0.3 is 9.84 Å². The van der Waals surface area contributed by atoms with Crippen LogP contribution < -0.4 is 9.64 Å². The number of methoxy groups -OCH3 is 1. The SMILES string of the molecule is COc1ccc(N2C(=O)C(O)=C(C(=O)/C=C/c3ccccc3)[C@H]2c2ccccc2)cc1. The molecule has 0 aromatic heterocycles. The number of aliphatic hydroxyl groups excluding tert-OH is 1. The van der Waals surface area contributed by atoms with E-state index in [2.05, 4.69) is 0 Å². The summed E-state index contributed by atoms with van der Waals surface area (Å²) in [6, 6.07) is 24.8. The molecule has 3 aromatic rings. The summed E-state index contributed by atoms with van der Waals surface area (Å²) in [5, 5.41) is 10.7. The van der Waals surface area contributed by atoms with Crippen molar-refractivity contribution < 1.29 is 19.4 Å². The first-order valence-corrected chi connectivity index (χ1v) is 9.83. The number of aliphatic hydroxyl groups is 1. The number of allylic oxidation sites excluding steroid dienone is 1. The number of benzene rings is 3. The third kappa shape index (κ3) is 3.98. The number of hydrogen-bond acceptors (Lipinski definition) is 4. The fourth-order valence-corrected chi connectivity index (χ4v) is 3.64. The van der Waals surface area contributed by atoms with Gasteiger partial charge in [0.1, 0.15) is 5.75 Å². The Morgan fingerprint density at radius 2 is 1.55 bits per heavy atom.